The number of benzene rings is 1. The molecule has 0 saturated heterocycles. The Hall–Kier alpha value is -0.800. The lowest BCUT2D eigenvalue weighted by Gasteiger charge is -2.13. The third-order valence-corrected chi connectivity index (χ3v) is 2.65. The van der Waals surface area contributed by atoms with E-state index in [-0.39, 0.29) is 30.9 Å². The Labute approximate surface area is 118 Å². The van der Waals surface area contributed by atoms with Crippen molar-refractivity contribution in [2.24, 2.45) is 5.73 Å². The number of nitrogens with two attached hydrogens (primary N) is 1. The smallest absolute Gasteiger partial charge is 0.0567 e. The molecule has 0 fully saturated rings. The number of aromatic nitrogens is 1. The van der Waals surface area contributed by atoms with Gasteiger partial charge in [0.15, 0.2) is 0 Å². The molecule has 0 amide bonds. The van der Waals surface area contributed by atoms with Crippen LogP contribution in [-0.4, -0.2) is 4.98 Å². The van der Waals surface area contributed by atoms with Crippen molar-refractivity contribution >= 4 is 36.4 Å². The summed E-state index contributed by atoms with van der Waals surface area (Å²) < 4.78 is 0. The number of rotatable bonds is 2. The first-order chi connectivity index (χ1) is 7.29. The molecule has 2 aromatic rings. The maximum atomic E-state index is 6.10. The van der Waals surface area contributed by atoms with Crippen LogP contribution in [0.1, 0.15) is 17.2 Å². The standard InChI is InChI=1S/C12H11ClN2.2ClH/c13-11-4-2-1-3-10(11)12(14)9-5-7-15-8-6-9;;/h1-8,12H,14H2;2*1H. The number of hydrogen-bond donors (Lipinski definition) is 1. The molecule has 0 radical (unpaired) electrons. The minimum atomic E-state index is -0.193. The maximum absolute atomic E-state index is 6.10. The zero-order chi connectivity index (χ0) is 10.7. The molecular formula is C12H13Cl3N2. The van der Waals surface area contributed by atoms with Crippen LogP contribution in [0.2, 0.25) is 5.02 Å². The maximum Gasteiger partial charge on any atom is 0.0567 e. The molecule has 0 aliphatic rings. The molecule has 0 aliphatic heterocycles. The van der Waals surface area contributed by atoms with Gasteiger partial charge < -0.3 is 5.73 Å². The van der Waals surface area contributed by atoms with Crippen LogP contribution in [0, 0.1) is 0 Å². The summed E-state index contributed by atoms with van der Waals surface area (Å²) >= 11 is 6.07. The van der Waals surface area contributed by atoms with Crippen molar-refractivity contribution in [3.63, 3.8) is 0 Å². The lowest BCUT2D eigenvalue weighted by molar-refractivity contribution is 0.868. The molecule has 1 atom stereocenters. The van der Waals surface area contributed by atoms with E-state index < -0.39 is 0 Å². The zero-order valence-electron chi connectivity index (χ0n) is 8.92. The number of halogens is 3. The fourth-order valence-electron chi connectivity index (χ4n) is 1.48. The molecule has 1 heterocycles. The molecule has 0 saturated carbocycles. The Morgan fingerprint density at radius 1 is 1.00 bits per heavy atom. The van der Waals surface area contributed by atoms with Gasteiger partial charge in [-0.1, -0.05) is 29.8 Å². The van der Waals surface area contributed by atoms with Gasteiger partial charge in [-0.2, -0.15) is 0 Å². The van der Waals surface area contributed by atoms with Crippen molar-refractivity contribution in [1.29, 1.82) is 0 Å². The minimum Gasteiger partial charge on any atom is -0.320 e. The fourth-order valence-corrected chi connectivity index (χ4v) is 1.73. The normalized spacial score (nSPS) is 10.9. The second-order valence-corrected chi connectivity index (χ2v) is 3.69. The number of hydrogen-bond acceptors (Lipinski definition) is 2. The van der Waals surface area contributed by atoms with Crippen LogP contribution in [0.5, 0.6) is 0 Å². The van der Waals surface area contributed by atoms with Crippen LogP contribution < -0.4 is 5.73 Å². The lowest BCUT2D eigenvalue weighted by atomic mass is 10.0. The molecule has 2 N–H and O–H groups in total. The largest absolute Gasteiger partial charge is 0.320 e. The summed E-state index contributed by atoms with van der Waals surface area (Å²) in [6, 6.07) is 11.2. The number of pyridine rings is 1. The molecule has 0 bridgehead atoms. The first-order valence-electron chi connectivity index (χ1n) is 4.69. The Morgan fingerprint density at radius 3 is 2.18 bits per heavy atom. The summed E-state index contributed by atoms with van der Waals surface area (Å²) in [5, 5.41) is 0.696. The average molecular weight is 292 g/mol. The Balaban J connectivity index is 0.00000128. The number of nitrogens with zero attached hydrogens (tertiary/aromatic N) is 1. The Bertz CT molecular complexity index is 449. The lowest BCUT2D eigenvalue weighted by Crippen LogP contribution is -2.12. The van der Waals surface area contributed by atoms with E-state index >= 15 is 0 Å². The van der Waals surface area contributed by atoms with Crippen LogP contribution in [-0.2, 0) is 0 Å². The minimum absolute atomic E-state index is 0. The van der Waals surface area contributed by atoms with E-state index in [2.05, 4.69) is 4.98 Å². The van der Waals surface area contributed by atoms with Crippen molar-refractivity contribution < 1.29 is 0 Å². The van der Waals surface area contributed by atoms with Gasteiger partial charge in [0.1, 0.15) is 0 Å². The first kappa shape index (κ1) is 16.2. The van der Waals surface area contributed by atoms with E-state index in [9.17, 15) is 0 Å². The molecular weight excluding hydrogens is 279 g/mol. The van der Waals surface area contributed by atoms with Crippen molar-refractivity contribution in [2.75, 3.05) is 0 Å². The molecule has 2 nitrogen and oxygen atoms in total. The average Bonchev–Trinajstić information content (AvgIpc) is 2.30. The topological polar surface area (TPSA) is 38.9 Å². The molecule has 1 unspecified atom stereocenters. The molecule has 92 valence electrons. The van der Waals surface area contributed by atoms with Gasteiger partial charge in [-0.3, -0.25) is 4.98 Å². The summed E-state index contributed by atoms with van der Waals surface area (Å²) in [5.41, 5.74) is 8.05. The van der Waals surface area contributed by atoms with Crippen molar-refractivity contribution in [3.05, 3.63) is 64.9 Å². The summed E-state index contributed by atoms with van der Waals surface area (Å²) in [6.45, 7) is 0. The van der Waals surface area contributed by atoms with Crippen molar-refractivity contribution in [3.8, 4) is 0 Å². The molecule has 2 rings (SSSR count). The predicted molar refractivity (Wildman–Crippen MR) is 76.2 cm³/mol. The Kier molecular flexibility index (Phi) is 7.16. The van der Waals surface area contributed by atoms with E-state index in [1.807, 2.05) is 36.4 Å². The predicted octanol–water partition coefficient (Wildman–Crippen LogP) is 3.63. The molecule has 1 aromatic carbocycles. The van der Waals surface area contributed by atoms with Crippen LogP contribution in [0.4, 0.5) is 0 Å². The molecule has 5 heteroatoms. The van der Waals surface area contributed by atoms with Gasteiger partial charge >= 0.3 is 0 Å². The second kappa shape index (κ2) is 7.51. The van der Waals surface area contributed by atoms with Gasteiger partial charge in [0.25, 0.3) is 0 Å². The van der Waals surface area contributed by atoms with Crippen LogP contribution in [0.25, 0.3) is 0 Å². The zero-order valence-corrected chi connectivity index (χ0v) is 11.3. The highest BCUT2D eigenvalue weighted by Gasteiger charge is 2.10. The summed E-state index contributed by atoms with van der Waals surface area (Å²) in [5.74, 6) is 0. The van der Waals surface area contributed by atoms with Gasteiger partial charge in [0.2, 0.25) is 0 Å². The fraction of sp³-hybridized carbons (Fsp3) is 0.0833. The summed E-state index contributed by atoms with van der Waals surface area (Å²) in [7, 11) is 0. The van der Waals surface area contributed by atoms with E-state index in [0.717, 1.165) is 11.1 Å². The van der Waals surface area contributed by atoms with Crippen LogP contribution in [0.3, 0.4) is 0 Å². The molecule has 17 heavy (non-hydrogen) atoms. The van der Waals surface area contributed by atoms with Gasteiger partial charge in [-0.05, 0) is 29.3 Å². The van der Waals surface area contributed by atoms with E-state index in [1.54, 1.807) is 12.4 Å². The molecule has 0 spiro atoms. The SMILES string of the molecule is Cl.Cl.NC(c1ccncc1)c1ccccc1Cl. The van der Waals surface area contributed by atoms with Gasteiger partial charge in [0, 0.05) is 17.4 Å². The van der Waals surface area contributed by atoms with Crippen LogP contribution >= 0.6 is 36.4 Å². The Morgan fingerprint density at radius 2 is 1.59 bits per heavy atom. The summed E-state index contributed by atoms with van der Waals surface area (Å²) in [6.07, 6.45) is 3.46. The molecule has 1 aromatic heterocycles. The van der Waals surface area contributed by atoms with Crippen LogP contribution in [0.15, 0.2) is 48.8 Å². The van der Waals surface area contributed by atoms with Gasteiger partial charge in [0.05, 0.1) is 6.04 Å². The van der Waals surface area contributed by atoms with E-state index in [0.29, 0.717) is 5.02 Å². The van der Waals surface area contributed by atoms with Gasteiger partial charge in [-0.15, -0.1) is 24.8 Å². The first-order valence-corrected chi connectivity index (χ1v) is 5.07. The van der Waals surface area contributed by atoms with E-state index in [1.165, 1.54) is 0 Å². The highest BCUT2D eigenvalue weighted by molar-refractivity contribution is 6.31. The van der Waals surface area contributed by atoms with E-state index in [4.69, 9.17) is 17.3 Å². The monoisotopic (exact) mass is 290 g/mol. The summed E-state index contributed by atoms with van der Waals surface area (Å²) in [4.78, 5) is 3.96. The second-order valence-electron chi connectivity index (χ2n) is 3.28. The third kappa shape index (κ3) is 3.86. The quantitative estimate of drug-likeness (QED) is 0.917. The highest BCUT2D eigenvalue weighted by atomic mass is 35.5. The highest BCUT2D eigenvalue weighted by Crippen LogP contribution is 2.25. The van der Waals surface area contributed by atoms with Gasteiger partial charge in [-0.25, -0.2) is 0 Å². The van der Waals surface area contributed by atoms with Crippen molar-refractivity contribution in [2.45, 2.75) is 6.04 Å². The third-order valence-electron chi connectivity index (χ3n) is 2.31. The van der Waals surface area contributed by atoms with Crippen molar-refractivity contribution in [1.82, 2.24) is 4.98 Å². The molecule has 0 aliphatic carbocycles.